The number of benzene rings is 2. The monoisotopic (exact) mass is 371 g/mol. The highest BCUT2D eigenvalue weighted by molar-refractivity contribution is 7.90. The van der Waals surface area contributed by atoms with Gasteiger partial charge in [-0.05, 0) is 49.1 Å². The van der Waals surface area contributed by atoms with Crippen molar-refractivity contribution in [2.45, 2.75) is 43.0 Å². The zero-order chi connectivity index (χ0) is 18.6. The van der Waals surface area contributed by atoms with E-state index in [9.17, 15) is 13.2 Å². The summed E-state index contributed by atoms with van der Waals surface area (Å²) in [6, 6.07) is 16.8. The number of carbonyl (C=O) groups is 1. The molecule has 26 heavy (non-hydrogen) atoms. The molecule has 1 saturated carbocycles. The Morgan fingerprint density at radius 3 is 2.19 bits per heavy atom. The molecular formula is C21H25NO3S. The van der Waals surface area contributed by atoms with Gasteiger partial charge in [-0.25, -0.2) is 8.42 Å². The Kier molecular flexibility index (Phi) is 5.77. The Balaban J connectivity index is 1.78. The van der Waals surface area contributed by atoms with E-state index in [1.54, 1.807) is 12.1 Å². The molecule has 0 unspecified atom stereocenters. The maximum atomic E-state index is 13.1. The molecule has 1 amide bonds. The second-order valence-electron chi connectivity index (χ2n) is 6.97. The molecular weight excluding hydrogens is 346 g/mol. The van der Waals surface area contributed by atoms with Gasteiger partial charge in [-0.1, -0.05) is 43.2 Å². The van der Waals surface area contributed by atoms with Crippen molar-refractivity contribution in [3.8, 4) is 0 Å². The van der Waals surface area contributed by atoms with Gasteiger partial charge in [0, 0.05) is 24.4 Å². The molecule has 2 aromatic rings. The van der Waals surface area contributed by atoms with Gasteiger partial charge >= 0.3 is 0 Å². The molecule has 4 nitrogen and oxygen atoms in total. The maximum Gasteiger partial charge on any atom is 0.254 e. The van der Waals surface area contributed by atoms with E-state index in [2.05, 4.69) is 12.1 Å². The quantitative estimate of drug-likeness (QED) is 0.778. The fraction of sp³-hybridized carbons (Fsp3) is 0.381. The van der Waals surface area contributed by atoms with Crippen molar-refractivity contribution < 1.29 is 13.2 Å². The molecule has 0 bridgehead atoms. The van der Waals surface area contributed by atoms with Crippen molar-refractivity contribution in [1.82, 2.24) is 4.90 Å². The summed E-state index contributed by atoms with van der Waals surface area (Å²) in [6.07, 6.45) is 6.41. The summed E-state index contributed by atoms with van der Waals surface area (Å²) in [6.45, 7) is 0.682. The largest absolute Gasteiger partial charge is 0.335 e. The average Bonchev–Trinajstić information content (AvgIpc) is 3.16. The molecule has 0 aliphatic heterocycles. The van der Waals surface area contributed by atoms with Crippen LogP contribution in [0.5, 0.6) is 0 Å². The van der Waals surface area contributed by atoms with E-state index in [1.807, 2.05) is 23.1 Å². The molecule has 1 aliphatic rings. The highest BCUT2D eigenvalue weighted by Gasteiger charge is 2.27. The first-order valence-electron chi connectivity index (χ1n) is 9.10. The van der Waals surface area contributed by atoms with Gasteiger partial charge in [-0.2, -0.15) is 0 Å². The van der Waals surface area contributed by atoms with Crippen molar-refractivity contribution in [2.75, 3.05) is 12.8 Å². The van der Waals surface area contributed by atoms with Crippen molar-refractivity contribution in [2.24, 2.45) is 0 Å². The van der Waals surface area contributed by atoms with Gasteiger partial charge in [0.15, 0.2) is 9.84 Å². The SMILES string of the molecule is CS(=O)(=O)c1ccc(C(=O)N(CCc2ccccc2)C2CCCC2)cc1. The van der Waals surface area contributed by atoms with Crippen LogP contribution in [0.1, 0.15) is 41.6 Å². The topological polar surface area (TPSA) is 54.5 Å². The van der Waals surface area contributed by atoms with Gasteiger partial charge in [-0.15, -0.1) is 0 Å². The second-order valence-corrected chi connectivity index (χ2v) is 8.98. The van der Waals surface area contributed by atoms with Crippen molar-refractivity contribution in [3.63, 3.8) is 0 Å². The third-order valence-corrected chi connectivity index (χ3v) is 6.17. The van der Waals surface area contributed by atoms with E-state index in [4.69, 9.17) is 0 Å². The van der Waals surface area contributed by atoms with Crippen molar-refractivity contribution >= 4 is 15.7 Å². The minimum atomic E-state index is -3.25. The van der Waals surface area contributed by atoms with Gasteiger partial charge in [0.05, 0.1) is 4.90 Å². The Labute approximate surface area is 155 Å². The van der Waals surface area contributed by atoms with Crippen LogP contribution in [0.3, 0.4) is 0 Å². The predicted octanol–water partition coefficient (Wildman–Crippen LogP) is 3.72. The van der Waals surface area contributed by atoms with Crippen LogP contribution in [-0.4, -0.2) is 38.1 Å². The minimum Gasteiger partial charge on any atom is -0.335 e. The summed E-state index contributed by atoms with van der Waals surface area (Å²) in [5.41, 5.74) is 1.77. The van der Waals surface area contributed by atoms with E-state index in [0.717, 1.165) is 32.1 Å². The van der Waals surface area contributed by atoms with Crippen molar-refractivity contribution in [3.05, 3.63) is 65.7 Å². The second kappa shape index (κ2) is 8.04. The summed E-state index contributed by atoms with van der Waals surface area (Å²) in [5.74, 6) is -0.00659. The van der Waals surface area contributed by atoms with Crippen LogP contribution in [-0.2, 0) is 16.3 Å². The van der Waals surface area contributed by atoms with E-state index in [1.165, 1.54) is 24.0 Å². The normalized spacial score (nSPS) is 15.1. The van der Waals surface area contributed by atoms with E-state index < -0.39 is 9.84 Å². The highest BCUT2D eigenvalue weighted by atomic mass is 32.2. The van der Waals surface area contributed by atoms with Gasteiger partial charge < -0.3 is 4.90 Å². The molecule has 0 N–H and O–H groups in total. The summed E-state index contributed by atoms with van der Waals surface area (Å²) < 4.78 is 23.2. The molecule has 3 rings (SSSR count). The van der Waals surface area contributed by atoms with Gasteiger partial charge in [0.2, 0.25) is 0 Å². The van der Waals surface area contributed by atoms with E-state index >= 15 is 0 Å². The molecule has 1 aliphatic carbocycles. The van der Waals surface area contributed by atoms with Gasteiger partial charge in [-0.3, -0.25) is 4.79 Å². The zero-order valence-corrected chi connectivity index (χ0v) is 15.9. The molecule has 0 aromatic heterocycles. The first-order valence-corrected chi connectivity index (χ1v) is 11.0. The summed E-state index contributed by atoms with van der Waals surface area (Å²) >= 11 is 0. The van der Waals surface area contributed by atoms with Gasteiger partial charge in [0.25, 0.3) is 5.91 Å². The fourth-order valence-corrected chi connectivity index (χ4v) is 4.20. The van der Waals surface area contributed by atoms with Crippen LogP contribution in [0.15, 0.2) is 59.5 Å². The number of hydrogen-bond donors (Lipinski definition) is 0. The van der Waals surface area contributed by atoms with Crippen LogP contribution in [0.4, 0.5) is 0 Å². The Morgan fingerprint density at radius 2 is 1.62 bits per heavy atom. The first-order chi connectivity index (χ1) is 12.4. The standard InChI is InChI=1S/C21H25NO3S/c1-26(24,25)20-13-11-18(12-14-20)21(23)22(19-9-5-6-10-19)16-15-17-7-3-2-4-8-17/h2-4,7-8,11-14,19H,5-6,9-10,15-16H2,1H3. The molecule has 0 heterocycles. The molecule has 1 fully saturated rings. The number of carbonyl (C=O) groups excluding carboxylic acids is 1. The zero-order valence-electron chi connectivity index (χ0n) is 15.1. The Morgan fingerprint density at radius 1 is 1.00 bits per heavy atom. The minimum absolute atomic E-state index is 0.00659. The number of hydrogen-bond acceptors (Lipinski definition) is 3. The maximum absolute atomic E-state index is 13.1. The third-order valence-electron chi connectivity index (χ3n) is 5.04. The number of sulfone groups is 1. The summed E-state index contributed by atoms with van der Waals surface area (Å²) in [4.78, 5) is 15.3. The molecule has 0 radical (unpaired) electrons. The van der Waals surface area contributed by atoms with E-state index in [-0.39, 0.29) is 16.8 Å². The molecule has 0 spiro atoms. The smallest absolute Gasteiger partial charge is 0.254 e. The lowest BCUT2D eigenvalue weighted by atomic mass is 10.1. The van der Waals surface area contributed by atoms with Crippen LogP contribution >= 0.6 is 0 Å². The van der Waals surface area contributed by atoms with Crippen LogP contribution in [0, 0.1) is 0 Å². The predicted molar refractivity (Wildman–Crippen MR) is 103 cm³/mol. The third kappa shape index (κ3) is 4.52. The molecule has 5 heteroatoms. The molecule has 0 saturated heterocycles. The Hall–Kier alpha value is -2.14. The molecule has 138 valence electrons. The fourth-order valence-electron chi connectivity index (χ4n) is 3.57. The van der Waals surface area contributed by atoms with Crippen molar-refractivity contribution in [1.29, 1.82) is 0 Å². The first kappa shape index (κ1) is 18.6. The Bertz CT molecular complexity index is 839. The van der Waals surface area contributed by atoms with Crippen LogP contribution in [0.2, 0.25) is 0 Å². The summed E-state index contributed by atoms with van der Waals surface area (Å²) in [7, 11) is -3.25. The summed E-state index contributed by atoms with van der Waals surface area (Å²) in [5, 5.41) is 0. The average molecular weight is 372 g/mol. The van der Waals surface area contributed by atoms with Crippen LogP contribution in [0.25, 0.3) is 0 Å². The number of nitrogens with zero attached hydrogens (tertiary/aromatic N) is 1. The molecule has 2 aromatic carbocycles. The highest BCUT2D eigenvalue weighted by Crippen LogP contribution is 2.25. The lowest BCUT2D eigenvalue weighted by Gasteiger charge is -2.29. The van der Waals surface area contributed by atoms with E-state index in [0.29, 0.717) is 12.1 Å². The lowest BCUT2D eigenvalue weighted by molar-refractivity contribution is 0.0684. The van der Waals surface area contributed by atoms with Crippen LogP contribution < -0.4 is 0 Å². The molecule has 0 atom stereocenters. The number of amides is 1. The lowest BCUT2D eigenvalue weighted by Crippen LogP contribution is -2.40. The number of rotatable bonds is 6. The van der Waals surface area contributed by atoms with Gasteiger partial charge in [0.1, 0.15) is 0 Å².